The van der Waals surface area contributed by atoms with Gasteiger partial charge >= 0.3 is 5.97 Å². The van der Waals surface area contributed by atoms with Crippen molar-refractivity contribution in [3.63, 3.8) is 0 Å². The van der Waals surface area contributed by atoms with Crippen LogP contribution < -0.4 is 0 Å². The van der Waals surface area contributed by atoms with Crippen molar-refractivity contribution in [3.05, 3.63) is 53.5 Å². The molecular formula is C14H10FNO3. The van der Waals surface area contributed by atoms with Crippen LogP contribution in [0.3, 0.4) is 0 Å². The molecule has 96 valence electrons. The molecule has 0 radical (unpaired) electrons. The van der Waals surface area contributed by atoms with Gasteiger partial charge in [0.15, 0.2) is 6.29 Å². The standard InChI is InChI=1S/C14H10FNO3/c1-19-14(18)10-6-7-12(16-13(10)8-17)9-4-2-3-5-11(9)15/h2-8H,1H3. The summed E-state index contributed by atoms with van der Waals surface area (Å²) >= 11 is 0. The van der Waals surface area contributed by atoms with Crippen molar-refractivity contribution in [2.45, 2.75) is 0 Å². The molecule has 2 aromatic rings. The van der Waals surface area contributed by atoms with Gasteiger partial charge in [-0.2, -0.15) is 0 Å². The Labute approximate surface area is 108 Å². The number of methoxy groups -OCH3 is 1. The molecule has 0 N–H and O–H groups in total. The van der Waals surface area contributed by atoms with Crippen LogP contribution in [0.5, 0.6) is 0 Å². The summed E-state index contributed by atoms with van der Waals surface area (Å²) in [5.41, 5.74) is 0.528. The number of aldehydes is 1. The number of esters is 1. The number of benzene rings is 1. The lowest BCUT2D eigenvalue weighted by atomic mass is 10.1. The van der Waals surface area contributed by atoms with Crippen LogP contribution in [0.1, 0.15) is 20.8 Å². The summed E-state index contributed by atoms with van der Waals surface area (Å²) in [5.74, 6) is -1.10. The monoisotopic (exact) mass is 259 g/mol. The number of rotatable bonds is 3. The van der Waals surface area contributed by atoms with Gasteiger partial charge < -0.3 is 4.74 Å². The third-order valence-electron chi connectivity index (χ3n) is 2.59. The molecule has 4 nitrogen and oxygen atoms in total. The molecule has 0 spiro atoms. The van der Waals surface area contributed by atoms with Gasteiger partial charge in [0.2, 0.25) is 0 Å². The predicted octanol–water partition coefficient (Wildman–Crippen LogP) is 2.49. The molecule has 19 heavy (non-hydrogen) atoms. The van der Waals surface area contributed by atoms with Gasteiger partial charge in [-0.25, -0.2) is 14.2 Å². The fourth-order valence-corrected chi connectivity index (χ4v) is 1.67. The molecule has 1 aromatic carbocycles. The van der Waals surface area contributed by atoms with Crippen LogP contribution in [-0.2, 0) is 4.74 Å². The first-order valence-corrected chi connectivity index (χ1v) is 5.47. The van der Waals surface area contributed by atoms with Gasteiger partial charge in [-0.15, -0.1) is 0 Å². The highest BCUT2D eigenvalue weighted by Gasteiger charge is 2.15. The van der Waals surface area contributed by atoms with Crippen molar-refractivity contribution in [2.75, 3.05) is 7.11 Å². The van der Waals surface area contributed by atoms with Crippen LogP contribution in [0, 0.1) is 5.82 Å². The van der Waals surface area contributed by atoms with E-state index < -0.39 is 11.8 Å². The number of carbonyl (C=O) groups excluding carboxylic acids is 2. The Morgan fingerprint density at radius 2 is 2.00 bits per heavy atom. The lowest BCUT2D eigenvalue weighted by Gasteiger charge is -2.06. The predicted molar refractivity (Wildman–Crippen MR) is 66.4 cm³/mol. The number of pyridine rings is 1. The second-order valence-electron chi connectivity index (χ2n) is 3.72. The maximum absolute atomic E-state index is 13.6. The van der Waals surface area contributed by atoms with E-state index in [2.05, 4.69) is 9.72 Å². The molecule has 0 saturated heterocycles. The molecule has 0 unspecified atom stereocenters. The van der Waals surface area contributed by atoms with Gasteiger partial charge in [-0.3, -0.25) is 4.79 Å². The minimum atomic E-state index is -0.658. The van der Waals surface area contributed by atoms with Gasteiger partial charge in [0, 0.05) is 5.56 Å². The fourth-order valence-electron chi connectivity index (χ4n) is 1.67. The number of ether oxygens (including phenoxy) is 1. The molecular weight excluding hydrogens is 249 g/mol. The van der Waals surface area contributed by atoms with E-state index in [0.29, 0.717) is 6.29 Å². The van der Waals surface area contributed by atoms with E-state index in [4.69, 9.17) is 0 Å². The van der Waals surface area contributed by atoms with Gasteiger partial charge in [0.1, 0.15) is 11.5 Å². The van der Waals surface area contributed by atoms with Gasteiger partial charge in [0.25, 0.3) is 0 Å². The zero-order chi connectivity index (χ0) is 13.8. The molecule has 0 atom stereocenters. The summed E-state index contributed by atoms with van der Waals surface area (Å²) in [6, 6.07) is 8.93. The van der Waals surface area contributed by atoms with E-state index in [1.54, 1.807) is 18.2 Å². The van der Waals surface area contributed by atoms with Gasteiger partial charge in [-0.1, -0.05) is 12.1 Å². The summed E-state index contributed by atoms with van der Waals surface area (Å²) < 4.78 is 18.2. The molecule has 5 heteroatoms. The molecule has 0 aliphatic rings. The Morgan fingerprint density at radius 3 is 2.63 bits per heavy atom. The van der Waals surface area contributed by atoms with Crippen LogP contribution in [0.15, 0.2) is 36.4 Å². The molecule has 0 fully saturated rings. The Hall–Kier alpha value is -2.56. The van der Waals surface area contributed by atoms with E-state index in [1.165, 1.54) is 25.3 Å². The maximum Gasteiger partial charge on any atom is 0.340 e. The van der Waals surface area contributed by atoms with Crippen LogP contribution in [0.4, 0.5) is 4.39 Å². The molecule has 0 aliphatic heterocycles. The zero-order valence-electron chi connectivity index (χ0n) is 10.1. The Bertz CT molecular complexity index is 640. The molecule has 0 saturated carbocycles. The largest absolute Gasteiger partial charge is 0.465 e. The molecule has 1 heterocycles. The smallest absolute Gasteiger partial charge is 0.340 e. The van der Waals surface area contributed by atoms with Crippen molar-refractivity contribution in [2.24, 2.45) is 0 Å². The van der Waals surface area contributed by atoms with E-state index in [1.807, 2.05) is 0 Å². The highest BCUT2D eigenvalue weighted by Crippen LogP contribution is 2.21. The number of hydrogen-bond acceptors (Lipinski definition) is 4. The highest BCUT2D eigenvalue weighted by molar-refractivity contribution is 5.97. The summed E-state index contributed by atoms with van der Waals surface area (Å²) in [6.45, 7) is 0. The summed E-state index contributed by atoms with van der Waals surface area (Å²) in [6.07, 6.45) is 0.441. The van der Waals surface area contributed by atoms with E-state index in [9.17, 15) is 14.0 Å². The lowest BCUT2D eigenvalue weighted by Crippen LogP contribution is -2.07. The molecule has 0 aliphatic carbocycles. The topological polar surface area (TPSA) is 56.3 Å². The molecule has 2 rings (SSSR count). The number of hydrogen-bond donors (Lipinski definition) is 0. The maximum atomic E-state index is 13.6. The van der Waals surface area contributed by atoms with E-state index >= 15 is 0 Å². The number of nitrogens with zero attached hydrogens (tertiary/aromatic N) is 1. The van der Waals surface area contributed by atoms with Crippen LogP contribution in [0.2, 0.25) is 0 Å². The van der Waals surface area contributed by atoms with Crippen molar-refractivity contribution in [3.8, 4) is 11.3 Å². The van der Waals surface area contributed by atoms with Crippen LogP contribution in [-0.4, -0.2) is 24.3 Å². The van der Waals surface area contributed by atoms with Gasteiger partial charge in [-0.05, 0) is 24.3 Å². The Morgan fingerprint density at radius 1 is 1.26 bits per heavy atom. The van der Waals surface area contributed by atoms with E-state index in [0.717, 1.165) is 0 Å². The minimum absolute atomic E-state index is 0.0533. The summed E-state index contributed by atoms with van der Waals surface area (Å²) in [4.78, 5) is 26.3. The van der Waals surface area contributed by atoms with Crippen molar-refractivity contribution >= 4 is 12.3 Å². The SMILES string of the molecule is COC(=O)c1ccc(-c2ccccc2F)nc1C=O. The van der Waals surface area contributed by atoms with Crippen LogP contribution in [0.25, 0.3) is 11.3 Å². The summed E-state index contributed by atoms with van der Waals surface area (Å²) in [5, 5.41) is 0. The first-order valence-electron chi connectivity index (χ1n) is 5.47. The quantitative estimate of drug-likeness (QED) is 0.627. The molecule has 1 aromatic heterocycles. The number of halogens is 1. The second-order valence-corrected chi connectivity index (χ2v) is 3.72. The van der Waals surface area contributed by atoms with Crippen molar-refractivity contribution in [1.29, 1.82) is 0 Å². The van der Waals surface area contributed by atoms with E-state index in [-0.39, 0.29) is 22.5 Å². The minimum Gasteiger partial charge on any atom is -0.465 e. The average molecular weight is 259 g/mol. The van der Waals surface area contributed by atoms with Crippen molar-refractivity contribution in [1.82, 2.24) is 4.98 Å². The third-order valence-corrected chi connectivity index (χ3v) is 2.59. The normalized spacial score (nSPS) is 10.0. The fraction of sp³-hybridized carbons (Fsp3) is 0.0714. The molecule has 0 bridgehead atoms. The third kappa shape index (κ3) is 2.49. The Kier molecular flexibility index (Phi) is 3.66. The Balaban J connectivity index is 2.54. The highest BCUT2D eigenvalue weighted by atomic mass is 19.1. The van der Waals surface area contributed by atoms with Crippen LogP contribution >= 0.6 is 0 Å². The number of aromatic nitrogens is 1. The van der Waals surface area contributed by atoms with Gasteiger partial charge in [0.05, 0.1) is 18.4 Å². The summed E-state index contributed by atoms with van der Waals surface area (Å²) in [7, 11) is 1.21. The first kappa shape index (κ1) is 12.9. The van der Waals surface area contributed by atoms with Crippen molar-refractivity contribution < 1.29 is 18.7 Å². The first-order chi connectivity index (χ1) is 9.17. The average Bonchev–Trinajstić information content (AvgIpc) is 2.46. The number of carbonyl (C=O) groups is 2. The zero-order valence-corrected chi connectivity index (χ0v) is 10.1. The molecule has 0 amide bonds. The second kappa shape index (κ2) is 5.39. The lowest BCUT2D eigenvalue weighted by molar-refractivity contribution is 0.0597.